The third-order valence-electron chi connectivity index (χ3n) is 2.53. The first kappa shape index (κ1) is 11.2. The summed E-state index contributed by atoms with van der Waals surface area (Å²) in [7, 11) is 0. The molecule has 0 saturated carbocycles. The summed E-state index contributed by atoms with van der Waals surface area (Å²) in [4.78, 5) is 9.58. The van der Waals surface area contributed by atoms with Crippen LogP contribution in [0.3, 0.4) is 0 Å². The molecular formula is C12H15N3S. The minimum Gasteiger partial charge on any atom is -0.306 e. The first-order chi connectivity index (χ1) is 7.83. The van der Waals surface area contributed by atoms with Crippen molar-refractivity contribution in [2.75, 3.05) is 6.54 Å². The predicted octanol–water partition coefficient (Wildman–Crippen LogP) is 2.55. The van der Waals surface area contributed by atoms with E-state index in [1.54, 1.807) is 11.3 Å². The van der Waals surface area contributed by atoms with Gasteiger partial charge in [0.25, 0.3) is 0 Å². The van der Waals surface area contributed by atoms with Crippen molar-refractivity contribution in [3.63, 3.8) is 0 Å². The largest absolute Gasteiger partial charge is 0.306 e. The number of rotatable bonds is 4. The average molecular weight is 233 g/mol. The van der Waals surface area contributed by atoms with E-state index >= 15 is 0 Å². The summed E-state index contributed by atoms with van der Waals surface area (Å²) in [5, 5.41) is 3.47. The van der Waals surface area contributed by atoms with Crippen LogP contribution in [0.5, 0.6) is 0 Å². The minimum absolute atomic E-state index is 0.214. The van der Waals surface area contributed by atoms with Crippen LogP contribution in [0.25, 0.3) is 0 Å². The molecule has 0 aliphatic carbocycles. The molecule has 0 fully saturated rings. The van der Waals surface area contributed by atoms with Crippen LogP contribution in [0, 0.1) is 6.92 Å². The Morgan fingerprint density at radius 3 is 2.88 bits per heavy atom. The topological polar surface area (TPSA) is 37.8 Å². The first-order valence-corrected chi connectivity index (χ1v) is 6.23. The summed E-state index contributed by atoms with van der Waals surface area (Å²) in [6.07, 6.45) is 5.68. The van der Waals surface area contributed by atoms with Crippen LogP contribution in [0.2, 0.25) is 0 Å². The Bertz CT molecular complexity index is 439. The van der Waals surface area contributed by atoms with E-state index < -0.39 is 0 Å². The third kappa shape index (κ3) is 2.28. The van der Waals surface area contributed by atoms with Gasteiger partial charge in [-0.25, -0.2) is 0 Å². The standard InChI is InChI=1S/C12H15N3S/c1-3-15-12(11-7-14-8-16-11)10-6-13-5-4-9(10)2/h4-8,12,15H,3H2,1-2H3. The minimum atomic E-state index is 0.214. The molecule has 1 unspecified atom stereocenters. The maximum absolute atomic E-state index is 4.20. The summed E-state index contributed by atoms with van der Waals surface area (Å²) in [5.41, 5.74) is 4.36. The van der Waals surface area contributed by atoms with Gasteiger partial charge in [0.05, 0.1) is 11.6 Å². The molecule has 2 heterocycles. The van der Waals surface area contributed by atoms with Crippen LogP contribution in [-0.4, -0.2) is 16.5 Å². The molecule has 0 spiro atoms. The quantitative estimate of drug-likeness (QED) is 0.882. The molecule has 0 amide bonds. The highest BCUT2D eigenvalue weighted by atomic mass is 32.1. The second-order valence-electron chi connectivity index (χ2n) is 3.63. The summed E-state index contributed by atoms with van der Waals surface area (Å²) in [5.74, 6) is 0. The number of pyridine rings is 1. The van der Waals surface area contributed by atoms with Gasteiger partial charge in [-0.05, 0) is 30.7 Å². The van der Waals surface area contributed by atoms with E-state index in [1.807, 2.05) is 30.2 Å². The molecule has 1 atom stereocenters. The number of aryl methyl sites for hydroxylation is 1. The lowest BCUT2D eigenvalue weighted by Crippen LogP contribution is -2.22. The molecule has 0 saturated heterocycles. The lowest BCUT2D eigenvalue weighted by molar-refractivity contribution is 0.633. The molecule has 16 heavy (non-hydrogen) atoms. The lowest BCUT2D eigenvalue weighted by Gasteiger charge is -2.17. The van der Waals surface area contributed by atoms with Crippen LogP contribution in [0.15, 0.2) is 30.2 Å². The van der Waals surface area contributed by atoms with Gasteiger partial charge in [0.15, 0.2) is 0 Å². The smallest absolute Gasteiger partial charge is 0.0794 e. The Kier molecular flexibility index (Phi) is 3.64. The molecule has 0 radical (unpaired) electrons. The normalized spacial score (nSPS) is 12.6. The SMILES string of the molecule is CCNC(c1cncs1)c1cnccc1C. The van der Waals surface area contributed by atoms with Crippen LogP contribution < -0.4 is 5.32 Å². The van der Waals surface area contributed by atoms with Crippen molar-refractivity contribution in [1.29, 1.82) is 0 Å². The van der Waals surface area contributed by atoms with Gasteiger partial charge in [-0.2, -0.15) is 0 Å². The average Bonchev–Trinajstić information content (AvgIpc) is 2.80. The van der Waals surface area contributed by atoms with Crippen molar-refractivity contribution in [2.45, 2.75) is 19.9 Å². The van der Waals surface area contributed by atoms with Crippen LogP contribution in [-0.2, 0) is 0 Å². The van der Waals surface area contributed by atoms with Crippen molar-refractivity contribution in [2.24, 2.45) is 0 Å². The zero-order chi connectivity index (χ0) is 11.4. The first-order valence-electron chi connectivity index (χ1n) is 5.35. The summed E-state index contributed by atoms with van der Waals surface area (Å²) >= 11 is 1.67. The fourth-order valence-electron chi connectivity index (χ4n) is 1.71. The van der Waals surface area contributed by atoms with Gasteiger partial charge in [-0.1, -0.05) is 6.92 Å². The van der Waals surface area contributed by atoms with Crippen molar-refractivity contribution in [1.82, 2.24) is 15.3 Å². The molecule has 0 bridgehead atoms. The third-order valence-corrected chi connectivity index (χ3v) is 3.38. The Hall–Kier alpha value is -1.26. The molecule has 0 aliphatic rings. The summed E-state index contributed by atoms with van der Waals surface area (Å²) in [6, 6.07) is 2.26. The van der Waals surface area contributed by atoms with Crippen molar-refractivity contribution in [3.8, 4) is 0 Å². The molecule has 1 N–H and O–H groups in total. The Morgan fingerprint density at radius 2 is 2.25 bits per heavy atom. The summed E-state index contributed by atoms with van der Waals surface area (Å²) in [6.45, 7) is 5.15. The fourth-order valence-corrected chi connectivity index (χ4v) is 2.43. The predicted molar refractivity (Wildman–Crippen MR) is 66.6 cm³/mol. The molecule has 84 valence electrons. The van der Waals surface area contributed by atoms with Crippen LogP contribution in [0.1, 0.15) is 29.0 Å². The van der Waals surface area contributed by atoms with E-state index in [0.29, 0.717) is 0 Å². The number of aromatic nitrogens is 2. The van der Waals surface area contributed by atoms with Gasteiger partial charge in [0, 0.05) is 23.5 Å². The molecule has 2 aromatic heterocycles. The molecule has 3 nitrogen and oxygen atoms in total. The molecular weight excluding hydrogens is 218 g/mol. The Labute approximate surface area is 99.6 Å². The molecule has 2 rings (SSSR count). The second kappa shape index (κ2) is 5.18. The number of thiazole rings is 1. The van der Waals surface area contributed by atoms with E-state index in [1.165, 1.54) is 16.0 Å². The number of nitrogens with one attached hydrogen (secondary N) is 1. The second-order valence-corrected chi connectivity index (χ2v) is 4.54. The summed E-state index contributed by atoms with van der Waals surface area (Å²) < 4.78 is 0. The number of nitrogens with zero attached hydrogens (tertiary/aromatic N) is 2. The van der Waals surface area contributed by atoms with Crippen LogP contribution in [0.4, 0.5) is 0 Å². The van der Waals surface area contributed by atoms with Crippen molar-refractivity contribution in [3.05, 3.63) is 46.2 Å². The zero-order valence-corrected chi connectivity index (χ0v) is 10.3. The highest BCUT2D eigenvalue weighted by molar-refractivity contribution is 7.09. The molecule has 0 aliphatic heterocycles. The van der Waals surface area contributed by atoms with Gasteiger partial charge in [0.1, 0.15) is 0 Å². The maximum Gasteiger partial charge on any atom is 0.0794 e. The number of hydrogen-bond donors (Lipinski definition) is 1. The maximum atomic E-state index is 4.20. The lowest BCUT2D eigenvalue weighted by atomic mass is 10.0. The van der Waals surface area contributed by atoms with E-state index in [4.69, 9.17) is 0 Å². The molecule has 0 aromatic carbocycles. The van der Waals surface area contributed by atoms with E-state index in [0.717, 1.165) is 6.54 Å². The van der Waals surface area contributed by atoms with Gasteiger partial charge < -0.3 is 5.32 Å². The van der Waals surface area contributed by atoms with Gasteiger partial charge in [0.2, 0.25) is 0 Å². The van der Waals surface area contributed by atoms with Gasteiger partial charge in [-0.3, -0.25) is 9.97 Å². The highest BCUT2D eigenvalue weighted by Gasteiger charge is 2.16. The molecule has 4 heteroatoms. The van der Waals surface area contributed by atoms with Gasteiger partial charge >= 0.3 is 0 Å². The Balaban J connectivity index is 2.37. The monoisotopic (exact) mass is 233 g/mol. The van der Waals surface area contributed by atoms with E-state index in [9.17, 15) is 0 Å². The van der Waals surface area contributed by atoms with E-state index in [-0.39, 0.29) is 6.04 Å². The van der Waals surface area contributed by atoms with Crippen molar-refractivity contribution >= 4 is 11.3 Å². The van der Waals surface area contributed by atoms with Crippen LogP contribution >= 0.6 is 11.3 Å². The highest BCUT2D eigenvalue weighted by Crippen LogP contribution is 2.26. The number of hydrogen-bond acceptors (Lipinski definition) is 4. The zero-order valence-electron chi connectivity index (χ0n) is 9.47. The van der Waals surface area contributed by atoms with Crippen molar-refractivity contribution < 1.29 is 0 Å². The Morgan fingerprint density at radius 1 is 1.38 bits per heavy atom. The molecule has 2 aromatic rings. The fraction of sp³-hybridized carbons (Fsp3) is 0.333. The van der Waals surface area contributed by atoms with E-state index in [2.05, 4.69) is 29.1 Å². The van der Waals surface area contributed by atoms with Gasteiger partial charge in [-0.15, -0.1) is 11.3 Å².